The van der Waals surface area contributed by atoms with Crippen LogP contribution in [-0.2, 0) is 16.0 Å². The molecule has 0 saturated carbocycles. The number of thioether (sulfide) groups is 1. The Labute approximate surface area is 263 Å². The first-order valence-electron chi connectivity index (χ1n) is 14.1. The quantitative estimate of drug-likeness (QED) is 0.298. The third-order valence-corrected chi connectivity index (χ3v) is 9.02. The molecule has 44 heavy (non-hydrogen) atoms. The second kappa shape index (κ2) is 12.9. The highest BCUT2D eigenvalue weighted by Crippen LogP contribution is 2.40. The van der Waals surface area contributed by atoms with Gasteiger partial charge in [-0.25, -0.2) is 0 Å². The summed E-state index contributed by atoms with van der Waals surface area (Å²) in [6.45, 7) is 1.88. The van der Waals surface area contributed by atoms with Crippen molar-refractivity contribution in [3.05, 3.63) is 86.0 Å². The average Bonchev–Trinajstić information content (AvgIpc) is 3.54. The molecule has 1 amide bonds. The number of rotatable bonds is 9. The molecule has 11 heteroatoms. The lowest BCUT2D eigenvalue weighted by Crippen LogP contribution is -2.50. The Bertz CT molecular complexity index is 1910. The minimum Gasteiger partial charge on any atom is -0.493 e. The molecule has 6 rings (SSSR count). The molecule has 9 nitrogen and oxygen atoms in total. The zero-order chi connectivity index (χ0) is 30.8. The summed E-state index contributed by atoms with van der Waals surface area (Å²) in [7, 11) is 4.56. The number of hydrogen-bond donors (Lipinski definition) is 1. The number of hydrogen-bond acceptors (Lipinski definition) is 8. The highest BCUT2D eigenvalue weighted by Gasteiger charge is 2.22. The number of pyridine rings is 1. The Morgan fingerprint density at radius 1 is 1.05 bits per heavy atom. The van der Waals surface area contributed by atoms with E-state index in [1.54, 1.807) is 16.7 Å². The number of halogens is 1. The van der Waals surface area contributed by atoms with Gasteiger partial charge in [0.2, 0.25) is 11.7 Å². The van der Waals surface area contributed by atoms with Gasteiger partial charge < -0.3 is 24.3 Å². The Hall–Kier alpha value is -4.12. The zero-order valence-electron chi connectivity index (χ0n) is 24.6. The molecular formula is C33H32ClN3O6S. The van der Waals surface area contributed by atoms with E-state index in [1.807, 2.05) is 60.3 Å². The van der Waals surface area contributed by atoms with Crippen LogP contribution in [0.3, 0.4) is 0 Å². The third kappa shape index (κ3) is 5.72. The van der Waals surface area contributed by atoms with E-state index >= 15 is 0 Å². The van der Waals surface area contributed by atoms with Crippen molar-refractivity contribution in [1.29, 1.82) is 0 Å². The molecule has 0 spiro atoms. The van der Waals surface area contributed by atoms with Gasteiger partial charge in [0.25, 0.3) is 5.56 Å². The maximum absolute atomic E-state index is 14.3. The van der Waals surface area contributed by atoms with Gasteiger partial charge in [0.1, 0.15) is 12.4 Å². The maximum atomic E-state index is 14.3. The van der Waals surface area contributed by atoms with Gasteiger partial charge in [-0.15, -0.1) is 11.8 Å². The van der Waals surface area contributed by atoms with Crippen LogP contribution in [0.5, 0.6) is 17.2 Å². The van der Waals surface area contributed by atoms with Crippen LogP contribution in [-0.4, -0.2) is 68.0 Å². The molecule has 2 aliphatic rings. The minimum atomic E-state index is -0.246. The molecule has 1 N–H and O–H groups in total. The van der Waals surface area contributed by atoms with Crippen molar-refractivity contribution in [1.82, 2.24) is 9.47 Å². The van der Waals surface area contributed by atoms with Crippen LogP contribution in [0.1, 0.15) is 5.56 Å². The molecule has 0 aliphatic carbocycles. The van der Waals surface area contributed by atoms with Crippen molar-refractivity contribution in [2.24, 2.45) is 0 Å². The lowest BCUT2D eigenvalue weighted by atomic mass is 10.1. The fourth-order valence-corrected chi connectivity index (χ4v) is 6.97. The first-order chi connectivity index (χ1) is 21.4. The van der Waals surface area contributed by atoms with Crippen molar-refractivity contribution >= 4 is 57.7 Å². The molecular weight excluding hydrogens is 602 g/mol. The molecule has 0 radical (unpaired) electrons. The summed E-state index contributed by atoms with van der Waals surface area (Å²) >= 11 is 8.65. The second-order valence-corrected chi connectivity index (χ2v) is 11.9. The molecule has 228 valence electrons. The van der Waals surface area contributed by atoms with Gasteiger partial charge in [-0.3, -0.25) is 19.1 Å². The monoisotopic (exact) mass is 633 g/mol. The number of anilines is 1. The number of methoxy groups -OCH3 is 3. The van der Waals surface area contributed by atoms with E-state index in [2.05, 4.69) is 10.2 Å². The Kier molecular flexibility index (Phi) is 8.74. The number of ether oxygens (including phenoxy) is 4. The Morgan fingerprint density at radius 2 is 1.82 bits per heavy atom. The fraction of sp³-hybridized carbons (Fsp3) is 0.273. The highest BCUT2D eigenvalue weighted by atomic mass is 35.5. The predicted octanol–water partition coefficient (Wildman–Crippen LogP) is 3.78. The largest absolute Gasteiger partial charge is 0.493 e. The van der Waals surface area contributed by atoms with Crippen LogP contribution < -0.4 is 35.5 Å². The van der Waals surface area contributed by atoms with Gasteiger partial charge in [0.05, 0.1) is 50.1 Å². The summed E-state index contributed by atoms with van der Waals surface area (Å²) in [6.07, 6.45) is 2.01. The van der Waals surface area contributed by atoms with Crippen LogP contribution >= 0.6 is 23.4 Å². The first kappa shape index (κ1) is 29.9. The van der Waals surface area contributed by atoms with E-state index < -0.39 is 0 Å². The van der Waals surface area contributed by atoms with Gasteiger partial charge >= 0.3 is 0 Å². The molecule has 0 unspecified atom stereocenters. The number of nitrogens with zero attached hydrogens (tertiary/aromatic N) is 2. The topological polar surface area (TPSA) is 91.3 Å². The lowest BCUT2D eigenvalue weighted by molar-refractivity contribution is -0.115. The van der Waals surface area contributed by atoms with E-state index in [0.29, 0.717) is 63.3 Å². The summed E-state index contributed by atoms with van der Waals surface area (Å²) in [6, 6.07) is 16.3. The Balaban J connectivity index is 1.39. The SMILES string of the molecule is COc1cc(NC(=O)Cc2cccc(-n3c(=O)c4c(c5c(Cl)cccc53)=CCOC=4CN3CCSC3)c2)cc(OC)c1OC. The molecule has 3 aromatic carbocycles. The summed E-state index contributed by atoms with van der Waals surface area (Å²) in [4.78, 5) is 29.8. The van der Waals surface area contributed by atoms with E-state index in [-0.39, 0.29) is 17.9 Å². The summed E-state index contributed by atoms with van der Waals surface area (Å²) in [5.41, 5.74) is 2.36. The molecule has 2 aliphatic heterocycles. The summed E-state index contributed by atoms with van der Waals surface area (Å²) in [5, 5.41) is 5.60. The number of nitrogens with one attached hydrogen (secondary N) is 1. The number of aromatic nitrogens is 1. The number of carbonyl (C=O) groups excluding carboxylic acids is 1. The van der Waals surface area contributed by atoms with Gasteiger partial charge in [-0.2, -0.15) is 0 Å². The highest BCUT2D eigenvalue weighted by molar-refractivity contribution is 7.99. The molecule has 1 aromatic heterocycles. The van der Waals surface area contributed by atoms with Crippen LogP contribution in [0.25, 0.3) is 28.4 Å². The fourth-order valence-electron chi connectivity index (χ4n) is 5.71. The minimum absolute atomic E-state index is 0.0732. The van der Waals surface area contributed by atoms with Crippen molar-refractivity contribution in [3.63, 3.8) is 0 Å². The first-order valence-corrected chi connectivity index (χ1v) is 15.6. The number of fused-ring (bicyclic) bond motifs is 3. The average molecular weight is 634 g/mol. The number of amides is 1. The second-order valence-electron chi connectivity index (χ2n) is 10.4. The number of carbonyl (C=O) groups is 1. The van der Waals surface area contributed by atoms with Crippen molar-refractivity contribution < 1.29 is 23.7 Å². The predicted molar refractivity (Wildman–Crippen MR) is 175 cm³/mol. The van der Waals surface area contributed by atoms with E-state index in [0.717, 1.165) is 34.3 Å². The summed E-state index contributed by atoms with van der Waals surface area (Å²) in [5.74, 6) is 3.67. The van der Waals surface area contributed by atoms with Crippen LogP contribution in [0.2, 0.25) is 5.02 Å². The van der Waals surface area contributed by atoms with Crippen molar-refractivity contribution in [3.8, 4) is 22.9 Å². The molecule has 1 saturated heterocycles. The smallest absolute Gasteiger partial charge is 0.266 e. The third-order valence-electron chi connectivity index (χ3n) is 7.69. The Morgan fingerprint density at radius 3 is 2.52 bits per heavy atom. The maximum Gasteiger partial charge on any atom is 0.266 e. The molecule has 0 atom stereocenters. The lowest BCUT2D eigenvalue weighted by Gasteiger charge is -2.21. The summed E-state index contributed by atoms with van der Waals surface area (Å²) < 4.78 is 23.9. The van der Waals surface area contributed by atoms with E-state index in [4.69, 9.17) is 30.5 Å². The molecule has 1 fully saturated rings. The van der Waals surface area contributed by atoms with Gasteiger partial charge in [-0.1, -0.05) is 29.8 Å². The van der Waals surface area contributed by atoms with Gasteiger partial charge in [0.15, 0.2) is 11.5 Å². The molecule has 3 heterocycles. The normalized spacial score (nSPS) is 14.5. The van der Waals surface area contributed by atoms with E-state index in [1.165, 1.54) is 21.3 Å². The standard InChI is InChI=1S/C33H32ClN3O6S/c1-40-26-16-21(17-27(41-2)32(26)42-3)35-29(38)15-20-6-4-7-22(14-20)37-25-9-5-8-24(34)30(25)23-10-12-43-28(31(23)33(37)39)18-36-11-13-44-19-36/h4-10,14,16-17H,11-13,15,18-19H2,1-3H3,(H,35,38). The molecule has 0 bridgehead atoms. The van der Waals surface area contributed by atoms with Crippen LogP contribution in [0, 0.1) is 0 Å². The van der Waals surface area contributed by atoms with Gasteiger partial charge in [-0.05, 0) is 35.9 Å². The van der Waals surface area contributed by atoms with E-state index in [9.17, 15) is 9.59 Å². The zero-order valence-corrected chi connectivity index (χ0v) is 26.2. The van der Waals surface area contributed by atoms with Crippen molar-refractivity contribution in [2.45, 2.75) is 6.42 Å². The van der Waals surface area contributed by atoms with Crippen LogP contribution in [0.4, 0.5) is 5.69 Å². The van der Waals surface area contributed by atoms with Crippen molar-refractivity contribution in [2.75, 3.05) is 58.0 Å². The van der Waals surface area contributed by atoms with Crippen LogP contribution in [0.15, 0.2) is 59.4 Å². The van der Waals surface area contributed by atoms with Gasteiger partial charge in [0, 0.05) is 52.3 Å². The molecule has 4 aromatic rings. The number of benzene rings is 3.